The molecule has 76 valence electrons. The van der Waals surface area contributed by atoms with E-state index >= 15 is 0 Å². The Hall–Kier alpha value is -2.11. The van der Waals surface area contributed by atoms with E-state index in [1.54, 1.807) is 12.5 Å². The molecule has 0 aliphatic rings. The third kappa shape index (κ3) is 0.955. The molecule has 0 saturated carbocycles. The summed E-state index contributed by atoms with van der Waals surface area (Å²) in [4.78, 5) is 13.0. The van der Waals surface area contributed by atoms with E-state index in [9.17, 15) is 0 Å². The van der Waals surface area contributed by atoms with Gasteiger partial charge < -0.3 is 9.88 Å². The second-order valence-electron chi connectivity index (χ2n) is 3.33. The molecular weight excluding hydrogens is 192 g/mol. The van der Waals surface area contributed by atoms with Crippen molar-refractivity contribution in [2.75, 3.05) is 12.4 Å². The lowest BCUT2D eigenvalue weighted by atomic mass is 10.5. The zero-order valence-corrected chi connectivity index (χ0v) is 8.47. The van der Waals surface area contributed by atoms with Crippen molar-refractivity contribution >= 4 is 22.8 Å². The number of fused-ring (bicyclic) bond motifs is 3. The average Bonchev–Trinajstić information content (AvgIpc) is 2.83. The van der Waals surface area contributed by atoms with Crippen molar-refractivity contribution in [2.45, 2.75) is 0 Å². The van der Waals surface area contributed by atoms with E-state index in [4.69, 9.17) is 0 Å². The number of nitrogens with zero attached hydrogens (tertiary/aromatic N) is 5. The van der Waals surface area contributed by atoms with E-state index in [0.29, 0.717) is 0 Å². The molecule has 1 N–H and O–H groups in total. The van der Waals surface area contributed by atoms with Gasteiger partial charge in [0.1, 0.15) is 0 Å². The Kier molecular flexibility index (Phi) is 1.47. The van der Waals surface area contributed by atoms with Crippen LogP contribution in [0.25, 0.3) is 16.8 Å². The maximum atomic E-state index is 4.47. The van der Waals surface area contributed by atoms with Crippen molar-refractivity contribution in [2.24, 2.45) is 7.05 Å². The Morgan fingerprint density at radius 2 is 2.13 bits per heavy atom. The lowest BCUT2D eigenvalue weighted by Gasteiger charge is -2.03. The van der Waals surface area contributed by atoms with Gasteiger partial charge in [0.05, 0.1) is 6.33 Å². The normalized spacial score (nSPS) is 11.3. The first kappa shape index (κ1) is 8.22. The van der Waals surface area contributed by atoms with Crippen LogP contribution in [-0.2, 0) is 7.05 Å². The molecule has 3 aromatic rings. The number of hydrogen-bond acceptors (Lipinski definition) is 4. The van der Waals surface area contributed by atoms with Gasteiger partial charge in [-0.1, -0.05) is 0 Å². The fraction of sp³-hybridized carbons (Fsp3) is 0.222. The van der Waals surface area contributed by atoms with E-state index in [0.717, 1.165) is 22.8 Å². The molecule has 15 heavy (non-hydrogen) atoms. The second kappa shape index (κ2) is 2.69. The lowest BCUT2D eigenvalue weighted by Crippen LogP contribution is -2.02. The van der Waals surface area contributed by atoms with Crippen LogP contribution in [-0.4, -0.2) is 31.0 Å². The number of hydrogen-bond donors (Lipinski definition) is 1. The topological polar surface area (TPSA) is 60.0 Å². The van der Waals surface area contributed by atoms with Crippen LogP contribution < -0.4 is 5.32 Å². The summed E-state index contributed by atoms with van der Waals surface area (Å²) >= 11 is 0. The smallest absolute Gasteiger partial charge is 0.210 e. The monoisotopic (exact) mass is 202 g/mol. The van der Waals surface area contributed by atoms with Crippen molar-refractivity contribution in [1.29, 1.82) is 0 Å². The third-order valence-electron chi connectivity index (χ3n) is 2.42. The van der Waals surface area contributed by atoms with Crippen LogP contribution in [0, 0.1) is 0 Å². The summed E-state index contributed by atoms with van der Waals surface area (Å²) in [7, 11) is 3.76. The van der Waals surface area contributed by atoms with Crippen LogP contribution in [0.1, 0.15) is 0 Å². The third-order valence-corrected chi connectivity index (χ3v) is 2.42. The summed E-state index contributed by atoms with van der Waals surface area (Å²) in [5.41, 5.74) is 2.48. The summed E-state index contributed by atoms with van der Waals surface area (Å²) < 4.78 is 3.76. The molecular formula is C9H10N6. The fourth-order valence-corrected chi connectivity index (χ4v) is 1.69. The SMILES string of the molecule is CNc1nc2c(ncn2C)c2nccn12. The van der Waals surface area contributed by atoms with Crippen molar-refractivity contribution in [3.63, 3.8) is 0 Å². The minimum absolute atomic E-state index is 0.763. The number of aryl methyl sites for hydroxylation is 1. The number of anilines is 1. The Morgan fingerprint density at radius 3 is 2.93 bits per heavy atom. The van der Waals surface area contributed by atoms with E-state index in [2.05, 4.69) is 20.3 Å². The molecule has 0 amide bonds. The zero-order chi connectivity index (χ0) is 10.4. The Labute approximate surface area is 85.6 Å². The summed E-state index contributed by atoms with van der Waals surface area (Å²) in [5.74, 6) is 0.763. The van der Waals surface area contributed by atoms with Gasteiger partial charge in [0.25, 0.3) is 0 Å². The molecule has 0 aliphatic heterocycles. The number of rotatable bonds is 1. The molecule has 3 heterocycles. The van der Waals surface area contributed by atoms with Gasteiger partial charge in [-0.15, -0.1) is 0 Å². The van der Waals surface area contributed by atoms with Crippen molar-refractivity contribution in [3.05, 3.63) is 18.7 Å². The van der Waals surface area contributed by atoms with Crippen LogP contribution in [0.15, 0.2) is 18.7 Å². The van der Waals surface area contributed by atoms with E-state index < -0.39 is 0 Å². The van der Waals surface area contributed by atoms with Crippen LogP contribution in [0.3, 0.4) is 0 Å². The highest BCUT2D eigenvalue weighted by molar-refractivity contribution is 5.86. The molecule has 3 aromatic heterocycles. The van der Waals surface area contributed by atoms with Crippen molar-refractivity contribution < 1.29 is 0 Å². The number of aromatic nitrogens is 5. The molecule has 0 bridgehead atoms. The summed E-state index contributed by atoms with van der Waals surface area (Å²) in [6.07, 6.45) is 5.35. The molecule has 0 radical (unpaired) electrons. The molecule has 6 nitrogen and oxygen atoms in total. The Bertz CT molecular complexity index is 634. The highest BCUT2D eigenvalue weighted by Gasteiger charge is 2.10. The number of imidazole rings is 2. The van der Waals surface area contributed by atoms with Gasteiger partial charge in [0.15, 0.2) is 16.8 Å². The molecule has 0 unspecified atom stereocenters. The van der Waals surface area contributed by atoms with E-state index in [1.165, 1.54) is 0 Å². The molecule has 0 aliphatic carbocycles. The summed E-state index contributed by atoms with van der Waals surface area (Å²) in [5, 5.41) is 3.04. The standard InChI is InChI=1S/C9H10N6/c1-10-9-13-8-6(12-5-14(8)2)7-11-3-4-15(7)9/h3-5H,1-2H3,(H,10,13). The largest absolute Gasteiger partial charge is 0.358 e. The zero-order valence-electron chi connectivity index (χ0n) is 8.47. The van der Waals surface area contributed by atoms with E-state index in [1.807, 2.05) is 29.3 Å². The first-order valence-corrected chi connectivity index (χ1v) is 4.63. The molecule has 0 atom stereocenters. The molecule has 6 heteroatoms. The van der Waals surface area contributed by atoms with Crippen LogP contribution in [0.5, 0.6) is 0 Å². The highest BCUT2D eigenvalue weighted by atomic mass is 15.2. The maximum absolute atomic E-state index is 4.47. The summed E-state index contributed by atoms with van der Waals surface area (Å²) in [6.45, 7) is 0. The van der Waals surface area contributed by atoms with Gasteiger partial charge in [-0.25, -0.2) is 9.97 Å². The lowest BCUT2D eigenvalue weighted by molar-refractivity contribution is 0.926. The van der Waals surface area contributed by atoms with Crippen LogP contribution in [0.2, 0.25) is 0 Å². The van der Waals surface area contributed by atoms with Gasteiger partial charge in [0.2, 0.25) is 5.95 Å². The molecule has 0 aromatic carbocycles. The second-order valence-corrected chi connectivity index (χ2v) is 3.33. The fourth-order valence-electron chi connectivity index (χ4n) is 1.69. The van der Waals surface area contributed by atoms with Gasteiger partial charge in [-0.2, -0.15) is 4.98 Å². The highest BCUT2D eigenvalue weighted by Crippen LogP contribution is 2.18. The van der Waals surface area contributed by atoms with Gasteiger partial charge >= 0.3 is 0 Å². The Morgan fingerprint density at radius 1 is 1.27 bits per heavy atom. The van der Waals surface area contributed by atoms with Crippen LogP contribution in [0.4, 0.5) is 5.95 Å². The first-order valence-electron chi connectivity index (χ1n) is 4.63. The summed E-state index contributed by atoms with van der Waals surface area (Å²) in [6, 6.07) is 0. The average molecular weight is 202 g/mol. The molecule has 0 spiro atoms. The minimum Gasteiger partial charge on any atom is -0.358 e. The molecule has 0 fully saturated rings. The van der Waals surface area contributed by atoms with Gasteiger partial charge in [-0.05, 0) is 0 Å². The van der Waals surface area contributed by atoms with Crippen molar-refractivity contribution in [1.82, 2.24) is 23.9 Å². The van der Waals surface area contributed by atoms with E-state index in [-0.39, 0.29) is 0 Å². The van der Waals surface area contributed by atoms with Crippen LogP contribution >= 0.6 is 0 Å². The number of nitrogens with one attached hydrogen (secondary N) is 1. The minimum atomic E-state index is 0.763. The van der Waals surface area contributed by atoms with Gasteiger partial charge in [0, 0.05) is 26.5 Å². The van der Waals surface area contributed by atoms with Gasteiger partial charge in [-0.3, -0.25) is 4.40 Å². The molecule has 0 saturated heterocycles. The quantitative estimate of drug-likeness (QED) is 0.629. The predicted octanol–water partition coefficient (Wildman–Crippen LogP) is 0.658. The predicted molar refractivity (Wildman–Crippen MR) is 56.8 cm³/mol. The molecule has 3 rings (SSSR count). The Balaban J connectivity index is 2.58. The van der Waals surface area contributed by atoms with Crippen molar-refractivity contribution in [3.8, 4) is 0 Å². The first-order chi connectivity index (χ1) is 7.31. The maximum Gasteiger partial charge on any atom is 0.210 e.